The highest BCUT2D eigenvalue weighted by Gasteiger charge is 2.32. The fraction of sp³-hybridized carbons (Fsp3) is 0.700. The lowest BCUT2D eigenvalue weighted by Crippen LogP contribution is -2.39. The van der Waals surface area contributed by atoms with Crippen LogP contribution in [-0.2, 0) is 6.54 Å². The summed E-state index contributed by atoms with van der Waals surface area (Å²) in [6.07, 6.45) is 4.57. The van der Waals surface area contributed by atoms with E-state index in [4.69, 9.17) is 5.73 Å². The molecule has 4 heteroatoms. The van der Waals surface area contributed by atoms with Crippen LogP contribution in [0.5, 0.6) is 0 Å². The fourth-order valence-corrected chi connectivity index (χ4v) is 2.55. The summed E-state index contributed by atoms with van der Waals surface area (Å²) in [6.45, 7) is 1.71. The Morgan fingerprint density at radius 2 is 2.50 bits per heavy atom. The van der Waals surface area contributed by atoms with E-state index >= 15 is 0 Å². The van der Waals surface area contributed by atoms with Crippen molar-refractivity contribution >= 4 is 11.3 Å². The van der Waals surface area contributed by atoms with Crippen molar-refractivity contribution in [3.63, 3.8) is 0 Å². The van der Waals surface area contributed by atoms with Crippen LogP contribution in [0.4, 0.5) is 0 Å². The topological polar surface area (TPSA) is 42.2 Å². The van der Waals surface area contributed by atoms with Crippen LogP contribution in [0, 0.1) is 5.92 Å². The van der Waals surface area contributed by atoms with Gasteiger partial charge < -0.3 is 5.73 Å². The van der Waals surface area contributed by atoms with Crippen molar-refractivity contribution in [2.45, 2.75) is 25.4 Å². The molecule has 0 amide bonds. The molecule has 0 bridgehead atoms. The van der Waals surface area contributed by atoms with E-state index in [9.17, 15) is 0 Å². The Hall–Kier alpha value is -0.450. The maximum atomic E-state index is 5.78. The van der Waals surface area contributed by atoms with Crippen LogP contribution in [0.2, 0.25) is 0 Å². The molecule has 1 aliphatic carbocycles. The smallest absolute Gasteiger partial charge is 0.107 e. The molecule has 1 aromatic heterocycles. The quantitative estimate of drug-likeness (QED) is 0.798. The molecule has 78 valence electrons. The van der Waals surface area contributed by atoms with Gasteiger partial charge in [-0.05, 0) is 25.8 Å². The number of hydrogen-bond donors (Lipinski definition) is 1. The lowest BCUT2D eigenvalue weighted by Gasteiger charge is -2.25. The van der Waals surface area contributed by atoms with Crippen molar-refractivity contribution in [3.05, 3.63) is 16.6 Å². The molecular weight excluding hydrogens is 194 g/mol. The third-order valence-electron chi connectivity index (χ3n) is 2.84. The highest BCUT2D eigenvalue weighted by atomic mass is 32.1. The number of likely N-dealkylation sites (N-methyl/N-ethyl adjacent to an activating group) is 1. The van der Waals surface area contributed by atoms with Crippen LogP contribution < -0.4 is 5.73 Å². The predicted molar refractivity (Wildman–Crippen MR) is 59.1 cm³/mol. The molecule has 2 rings (SSSR count). The second-order valence-electron chi connectivity index (χ2n) is 3.98. The average Bonchev–Trinajstić information content (AvgIpc) is 2.86. The Bertz CT molecular complexity index is 269. The minimum atomic E-state index is 0.555. The zero-order valence-corrected chi connectivity index (χ0v) is 9.33. The standard InChI is InChI=1S/C10H17N3S/c1-13(7-10-12-4-5-14-10)9(6-11)8-2-3-8/h4-5,8-9H,2-3,6-7,11H2,1H3. The van der Waals surface area contributed by atoms with Gasteiger partial charge in [0.1, 0.15) is 5.01 Å². The van der Waals surface area contributed by atoms with Gasteiger partial charge in [0, 0.05) is 24.2 Å². The maximum absolute atomic E-state index is 5.78. The minimum Gasteiger partial charge on any atom is -0.329 e. The van der Waals surface area contributed by atoms with E-state index in [1.807, 2.05) is 11.6 Å². The molecule has 3 nitrogen and oxygen atoms in total. The van der Waals surface area contributed by atoms with E-state index in [-0.39, 0.29) is 0 Å². The molecule has 1 aliphatic rings. The second kappa shape index (κ2) is 4.38. The minimum absolute atomic E-state index is 0.555. The summed E-state index contributed by atoms with van der Waals surface area (Å²) < 4.78 is 0. The normalized spacial score (nSPS) is 18.8. The highest BCUT2D eigenvalue weighted by Crippen LogP contribution is 2.34. The third-order valence-corrected chi connectivity index (χ3v) is 3.61. The van der Waals surface area contributed by atoms with Crippen LogP contribution in [0.15, 0.2) is 11.6 Å². The van der Waals surface area contributed by atoms with Gasteiger partial charge in [-0.15, -0.1) is 11.3 Å². The van der Waals surface area contributed by atoms with Crippen LogP contribution in [0.25, 0.3) is 0 Å². The summed E-state index contributed by atoms with van der Waals surface area (Å²) >= 11 is 1.72. The van der Waals surface area contributed by atoms with Gasteiger partial charge in [-0.1, -0.05) is 0 Å². The zero-order chi connectivity index (χ0) is 9.97. The van der Waals surface area contributed by atoms with Crippen molar-refractivity contribution in [3.8, 4) is 0 Å². The molecule has 0 saturated heterocycles. The third kappa shape index (κ3) is 2.32. The molecular formula is C10H17N3S. The maximum Gasteiger partial charge on any atom is 0.107 e. The summed E-state index contributed by atoms with van der Waals surface area (Å²) in [5.41, 5.74) is 5.78. The molecule has 1 atom stereocenters. The Labute approximate surface area is 88.9 Å². The Morgan fingerprint density at radius 1 is 1.71 bits per heavy atom. The van der Waals surface area contributed by atoms with Gasteiger partial charge in [0.15, 0.2) is 0 Å². The van der Waals surface area contributed by atoms with Gasteiger partial charge in [0.05, 0.1) is 6.54 Å². The van der Waals surface area contributed by atoms with Crippen molar-refractivity contribution in [2.24, 2.45) is 11.7 Å². The van der Waals surface area contributed by atoms with Gasteiger partial charge in [-0.25, -0.2) is 4.98 Å². The van der Waals surface area contributed by atoms with Crippen molar-refractivity contribution in [1.29, 1.82) is 0 Å². The molecule has 0 radical (unpaired) electrons. The fourth-order valence-electron chi connectivity index (χ4n) is 1.87. The van der Waals surface area contributed by atoms with E-state index in [1.54, 1.807) is 11.3 Å². The first-order valence-corrected chi connectivity index (χ1v) is 5.98. The average molecular weight is 211 g/mol. The summed E-state index contributed by atoms with van der Waals surface area (Å²) in [4.78, 5) is 6.63. The van der Waals surface area contributed by atoms with Crippen LogP contribution in [0.1, 0.15) is 17.8 Å². The molecule has 0 aromatic carbocycles. The first kappa shape index (κ1) is 10.1. The van der Waals surface area contributed by atoms with E-state index in [0.717, 1.165) is 19.0 Å². The number of nitrogens with two attached hydrogens (primary N) is 1. The van der Waals surface area contributed by atoms with E-state index in [0.29, 0.717) is 6.04 Å². The van der Waals surface area contributed by atoms with E-state index in [2.05, 4.69) is 16.9 Å². The lowest BCUT2D eigenvalue weighted by molar-refractivity contribution is 0.215. The molecule has 1 unspecified atom stereocenters. The molecule has 0 spiro atoms. The van der Waals surface area contributed by atoms with Crippen molar-refractivity contribution < 1.29 is 0 Å². The van der Waals surface area contributed by atoms with Crippen LogP contribution >= 0.6 is 11.3 Å². The Kier molecular flexibility index (Phi) is 3.15. The zero-order valence-electron chi connectivity index (χ0n) is 8.52. The summed E-state index contributed by atoms with van der Waals surface area (Å²) in [6, 6.07) is 0.555. The summed E-state index contributed by atoms with van der Waals surface area (Å²) in [5.74, 6) is 0.838. The van der Waals surface area contributed by atoms with Gasteiger partial charge in [0.2, 0.25) is 0 Å². The molecule has 1 aromatic rings. The first-order valence-electron chi connectivity index (χ1n) is 5.10. The molecule has 1 saturated carbocycles. The number of aromatic nitrogens is 1. The van der Waals surface area contributed by atoms with Crippen LogP contribution in [0.3, 0.4) is 0 Å². The predicted octanol–water partition coefficient (Wildman–Crippen LogP) is 1.31. The van der Waals surface area contributed by atoms with Crippen molar-refractivity contribution in [1.82, 2.24) is 9.88 Å². The lowest BCUT2D eigenvalue weighted by atomic mass is 10.1. The number of rotatable bonds is 5. The van der Waals surface area contributed by atoms with Crippen LogP contribution in [-0.4, -0.2) is 29.5 Å². The van der Waals surface area contributed by atoms with Gasteiger partial charge in [0.25, 0.3) is 0 Å². The molecule has 0 aliphatic heterocycles. The SMILES string of the molecule is CN(Cc1nccs1)C(CN)C1CC1. The van der Waals surface area contributed by atoms with E-state index < -0.39 is 0 Å². The molecule has 1 fully saturated rings. The number of nitrogens with zero attached hydrogens (tertiary/aromatic N) is 2. The largest absolute Gasteiger partial charge is 0.329 e. The summed E-state index contributed by atoms with van der Waals surface area (Å²) in [5, 5.41) is 3.21. The van der Waals surface area contributed by atoms with Gasteiger partial charge in [-0.3, -0.25) is 4.90 Å². The Morgan fingerprint density at radius 3 is 3.00 bits per heavy atom. The van der Waals surface area contributed by atoms with Gasteiger partial charge in [-0.2, -0.15) is 0 Å². The van der Waals surface area contributed by atoms with Crippen molar-refractivity contribution in [2.75, 3.05) is 13.6 Å². The molecule has 2 N–H and O–H groups in total. The second-order valence-corrected chi connectivity index (χ2v) is 4.96. The monoisotopic (exact) mass is 211 g/mol. The number of hydrogen-bond acceptors (Lipinski definition) is 4. The molecule has 1 heterocycles. The summed E-state index contributed by atoms with van der Waals surface area (Å²) in [7, 11) is 2.15. The molecule has 14 heavy (non-hydrogen) atoms. The first-order chi connectivity index (χ1) is 6.81. The highest BCUT2D eigenvalue weighted by molar-refractivity contribution is 7.09. The van der Waals surface area contributed by atoms with E-state index in [1.165, 1.54) is 17.8 Å². The Balaban J connectivity index is 1.90. The van der Waals surface area contributed by atoms with Gasteiger partial charge >= 0.3 is 0 Å². The number of thiazole rings is 1.